The molecule has 4 nitrogen and oxygen atoms in total. The molecule has 0 aromatic carbocycles. The maximum atomic E-state index is 10.9. The van der Waals surface area contributed by atoms with E-state index in [1.54, 1.807) is 13.0 Å². The first-order valence-electron chi connectivity index (χ1n) is 3.37. The van der Waals surface area contributed by atoms with Crippen LogP contribution in [-0.2, 0) is 10.0 Å². The average molecular weight is 186 g/mol. The van der Waals surface area contributed by atoms with E-state index >= 15 is 0 Å². The first-order valence-corrected chi connectivity index (χ1v) is 4.92. The molecule has 1 aromatic rings. The minimum Gasteiger partial charge on any atom is -0.243 e. The molecule has 0 saturated heterocycles. The van der Waals surface area contributed by atoms with Crippen molar-refractivity contribution in [2.75, 3.05) is 0 Å². The molecule has 1 rings (SSSR count). The number of hydrogen-bond acceptors (Lipinski definition) is 3. The zero-order chi connectivity index (χ0) is 9.35. The highest BCUT2D eigenvalue weighted by atomic mass is 32.2. The molecule has 12 heavy (non-hydrogen) atoms. The molecule has 1 heterocycles. The molecule has 0 atom stereocenters. The second-order valence-electron chi connectivity index (χ2n) is 2.68. The predicted molar refractivity (Wildman–Crippen MR) is 45.1 cm³/mol. The van der Waals surface area contributed by atoms with Crippen LogP contribution in [0.5, 0.6) is 0 Å². The van der Waals surface area contributed by atoms with Crippen molar-refractivity contribution in [2.24, 2.45) is 5.14 Å². The summed E-state index contributed by atoms with van der Waals surface area (Å²) in [6.07, 6.45) is 1.48. The number of primary sulfonamides is 1. The van der Waals surface area contributed by atoms with Crippen molar-refractivity contribution >= 4 is 10.0 Å². The van der Waals surface area contributed by atoms with Crippen molar-refractivity contribution in [2.45, 2.75) is 18.9 Å². The lowest BCUT2D eigenvalue weighted by molar-refractivity contribution is 0.593. The van der Waals surface area contributed by atoms with Gasteiger partial charge in [-0.05, 0) is 25.0 Å². The van der Waals surface area contributed by atoms with E-state index in [2.05, 4.69) is 4.98 Å². The van der Waals surface area contributed by atoms with Crippen molar-refractivity contribution in [1.82, 2.24) is 4.98 Å². The SMILES string of the molecule is Cc1cnc(S(N)(=O)=O)c(C)c1. The first kappa shape index (κ1) is 9.15. The van der Waals surface area contributed by atoms with E-state index in [4.69, 9.17) is 5.14 Å². The van der Waals surface area contributed by atoms with E-state index < -0.39 is 10.0 Å². The number of hydrogen-bond donors (Lipinski definition) is 1. The Morgan fingerprint density at radius 1 is 1.42 bits per heavy atom. The fourth-order valence-corrected chi connectivity index (χ4v) is 1.71. The average Bonchev–Trinajstić information content (AvgIpc) is 1.83. The molecule has 5 heteroatoms. The normalized spacial score (nSPS) is 11.6. The molecule has 0 aliphatic carbocycles. The largest absolute Gasteiger partial charge is 0.255 e. The highest BCUT2D eigenvalue weighted by molar-refractivity contribution is 7.89. The van der Waals surface area contributed by atoms with Gasteiger partial charge in [0.1, 0.15) is 0 Å². The second-order valence-corrected chi connectivity index (χ2v) is 4.16. The Morgan fingerprint density at radius 3 is 2.42 bits per heavy atom. The van der Waals surface area contributed by atoms with Gasteiger partial charge in [-0.15, -0.1) is 0 Å². The lowest BCUT2D eigenvalue weighted by Gasteiger charge is -2.01. The summed E-state index contributed by atoms with van der Waals surface area (Å²) >= 11 is 0. The molecule has 2 N–H and O–H groups in total. The maximum absolute atomic E-state index is 10.9. The van der Waals surface area contributed by atoms with Crippen molar-refractivity contribution in [3.05, 3.63) is 23.4 Å². The zero-order valence-corrected chi connectivity index (χ0v) is 7.72. The molecule has 66 valence electrons. The summed E-state index contributed by atoms with van der Waals surface area (Å²) in [5, 5.41) is 4.87. The molecule has 0 saturated carbocycles. The van der Waals surface area contributed by atoms with Crippen LogP contribution in [0.15, 0.2) is 17.3 Å². The Morgan fingerprint density at radius 2 is 2.00 bits per heavy atom. The van der Waals surface area contributed by atoms with Gasteiger partial charge in [-0.2, -0.15) is 0 Å². The lowest BCUT2D eigenvalue weighted by Crippen LogP contribution is -2.15. The smallest absolute Gasteiger partial charge is 0.243 e. The van der Waals surface area contributed by atoms with Crippen molar-refractivity contribution in [3.8, 4) is 0 Å². The van der Waals surface area contributed by atoms with Gasteiger partial charge < -0.3 is 0 Å². The third-order valence-corrected chi connectivity index (χ3v) is 2.40. The number of nitrogens with two attached hydrogens (primary N) is 1. The van der Waals surface area contributed by atoms with Gasteiger partial charge in [0, 0.05) is 6.20 Å². The lowest BCUT2D eigenvalue weighted by atomic mass is 10.2. The number of nitrogens with zero attached hydrogens (tertiary/aromatic N) is 1. The summed E-state index contributed by atoms with van der Waals surface area (Å²) in [4.78, 5) is 3.74. The molecule has 0 aliphatic heterocycles. The third-order valence-electron chi connectivity index (χ3n) is 1.44. The van der Waals surface area contributed by atoms with Gasteiger partial charge in [0.2, 0.25) is 0 Å². The van der Waals surface area contributed by atoms with Crippen molar-refractivity contribution in [1.29, 1.82) is 0 Å². The number of sulfonamides is 1. The summed E-state index contributed by atoms with van der Waals surface area (Å²) in [5.74, 6) is 0. The molecule has 0 unspecified atom stereocenters. The van der Waals surface area contributed by atoms with Crippen LogP contribution in [0.3, 0.4) is 0 Å². The van der Waals surface area contributed by atoms with Gasteiger partial charge >= 0.3 is 0 Å². The summed E-state index contributed by atoms with van der Waals surface area (Å²) in [5.41, 5.74) is 1.50. The Kier molecular flexibility index (Phi) is 2.16. The molecular formula is C7H10N2O2S. The van der Waals surface area contributed by atoms with E-state index in [9.17, 15) is 8.42 Å². The Hall–Kier alpha value is -0.940. The van der Waals surface area contributed by atoms with Gasteiger partial charge in [-0.25, -0.2) is 18.5 Å². The monoisotopic (exact) mass is 186 g/mol. The van der Waals surface area contributed by atoms with Crippen LogP contribution in [0.2, 0.25) is 0 Å². The van der Waals surface area contributed by atoms with Crippen LogP contribution >= 0.6 is 0 Å². The molecule has 0 amide bonds. The van der Waals surface area contributed by atoms with Gasteiger partial charge in [-0.3, -0.25) is 0 Å². The van der Waals surface area contributed by atoms with Gasteiger partial charge in [-0.1, -0.05) is 6.07 Å². The Bertz CT molecular complexity index is 398. The molecule has 0 radical (unpaired) electrons. The van der Waals surface area contributed by atoms with Crippen LogP contribution < -0.4 is 5.14 Å². The second kappa shape index (κ2) is 2.84. The minimum absolute atomic E-state index is 0.0481. The van der Waals surface area contributed by atoms with E-state index in [0.717, 1.165) is 5.56 Å². The van der Waals surface area contributed by atoms with Crippen LogP contribution in [0.1, 0.15) is 11.1 Å². The molecule has 0 spiro atoms. The van der Waals surface area contributed by atoms with Gasteiger partial charge in [0.15, 0.2) is 5.03 Å². The van der Waals surface area contributed by atoms with Crippen molar-refractivity contribution in [3.63, 3.8) is 0 Å². The quantitative estimate of drug-likeness (QED) is 0.687. The highest BCUT2D eigenvalue weighted by Crippen LogP contribution is 2.10. The Labute approximate surface area is 71.5 Å². The van der Waals surface area contributed by atoms with Crippen LogP contribution in [0.25, 0.3) is 0 Å². The summed E-state index contributed by atoms with van der Waals surface area (Å²) in [6, 6.07) is 1.73. The van der Waals surface area contributed by atoms with E-state index in [0.29, 0.717) is 5.56 Å². The molecule has 0 bridgehead atoms. The number of pyridine rings is 1. The van der Waals surface area contributed by atoms with E-state index in [1.807, 2.05) is 6.92 Å². The number of aryl methyl sites for hydroxylation is 2. The summed E-state index contributed by atoms with van der Waals surface area (Å²) in [6.45, 7) is 3.51. The zero-order valence-electron chi connectivity index (χ0n) is 6.90. The number of aromatic nitrogens is 1. The summed E-state index contributed by atoms with van der Waals surface area (Å²) in [7, 11) is -3.66. The topological polar surface area (TPSA) is 73.0 Å². The molecular weight excluding hydrogens is 176 g/mol. The maximum Gasteiger partial charge on any atom is 0.255 e. The molecule has 0 aliphatic rings. The van der Waals surface area contributed by atoms with Crippen LogP contribution in [-0.4, -0.2) is 13.4 Å². The third kappa shape index (κ3) is 1.80. The van der Waals surface area contributed by atoms with E-state index in [1.165, 1.54) is 6.20 Å². The minimum atomic E-state index is -3.66. The van der Waals surface area contributed by atoms with Crippen molar-refractivity contribution < 1.29 is 8.42 Å². The number of rotatable bonds is 1. The van der Waals surface area contributed by atoms with Gasteiger partial charge in [0.25, 0.3) is 10.0 Å². The Balaban J connectivity index is 3.39. The highest BCUT2D eigenvalue weighted by Gasteiger charge is 2.12. The standard InChI is InChI=1S/C7H10N2O2S/c1-5-3-6(2)7(9-4-5)12(8,10)11/h3-4H,1-2H3,(H2,8,10,11). The fourth-order valence-electron chi connectivity index (χ4n) is 1.00. The van der Waals surface area contributed by atoms with Crippen LogP contribution in [0.4, 0.5) is 0 Å². The first-order chi connectivity index (χ1) is 5.41. The van der Waals surface area contributed by atoms with Crippen LogP contribution in [0, 0.1) is 13.8 Å². The fraction of sp³-hybridized carbons (Fsp3) is 0.286. The van der Waals surface area contributed by atoms with E-state index in [-0.39, 0.29) is 5.03 Å². The summed E-state index contributed by atoms with van der Waals surface area (Å²) < 4.78 is 21.8. The predicted octanol–water partition coefficient (Wildman–Crippen LogP) is 0.346. The molecule has 0 fully saturated rings. The molecule has 1 aromatic heterocycles. The van der Waals surface area contributed by atoms with Gasteiger partial charge in [0.05, 0.1) is 0 Å².